The molecule has 0 bridgehead atoms. The highest BCUT2D eigenvalue weighted by molar-refractivity contribution is 5.14. The Morgan fingerprint density at radius 3 is 2.79 bits per heavy atom. The summed E-state index contributed by atoms with van der Waals surface area (Å²) in [7, 11) is 0. The topological polar surface area (TPSA) is 17.8 Å². The predicted octanol–water partition coefficient (Wildman–Crippen LogP) is 2.76. The van der Waals surface area contributed by atoms with E-state index >= 15 is 0 Å². The van der Waals surface area contributed by atoms with Crippen LogP contribution in [0.15, 0.2) is 6.20 Å². The van der Waals surface area contributed by atoms with Crippen LogP contribution in [0.3, 0.4) is 0 Å². The molecular formula is C12H20N2. The molecule has 0 saturated heterocycles. The molecule has 0 N–H and O–H groups in total. The molecule has 0 spiro atoms. The number of aryl methyl sites for hydroxylation is 1. The monoisotopic (exact) mass is 192 g/mol. The highest BCUT2D eigenvalue weighted by atomic mass is 15.1. The van der Waals surface area contributed by atoms with Gasteiger partial charge in [0.25, 0.3) is 0 Å². The largest absolute Gasteiger partial charge is 0.335 e. The maximum atomic E-state index is 4.74. The fourth-order valence-corrected chi connectivity index (χ4v) is 1.95. The van der Waals surface area contributed by atoms with Crippen LogP contribution in [-0.2, 0) is 18.4 Å². The summed E-state index contributed by atoms with van der Waals surface area (Å²) >= 11 is 0. The van der Waals surface area contributed by atoms with Crippen molar-refractivity contribution in [1.82, 2.24) is 9.55 Å². The number of aromatic nitrogens is 2. The fourth-order valence-electron chi connectivity index (χ4n) is 1.95. The molecule has 0 amide bonds. The lowest BCUT2D eigenvalue weighted by Crippen LogP contribution is -2.16. The molecule has 2 heteroatoms. The van der Waals surface area contributed by atoms with Crippen molar-refractivity contribution in [3.8, 4) is 0 Å². The second kappa shape index (κ2) is 3.11. The molecule has 1 unspecified atom stereocenters. The molecule has 0 saturated carbocycles. The zero-order valence-corrected chi connectivity index (χ0v) is 9.67. The molecule has 0 fully saturated rings. The lowest BCUT2D eigenvalue weighted by Gasteiger charge is -2.18. The lowest BCUT2D eigenvalue weighted by molar-refractivity contribution is 0.409. The molecule has 1 aromatic heterocycles. The van der Waals surface area contributed by atoms with E-state index in [9.17, 15) is 0 Å². The molecule has 0 aliphatic carbocycles. The van der Waals surface area contributed by atoms with E-state index in [4.69, 9.17) is 4.98 Å². The van der Waals surface area contributed by atoms with Crippen LogP contribution in [0, 0.1) is 5.92 Å². The molecule has 1 atom stereocenters. The molecule has 14 heavy (non-hydrogen) atoms. The number of nitrogens with zero attached hydrogens (tertiary/aromatic N) is 2. The van der Waals surface area contributed by atoms with Crippen LogP contribution >= 0.6 is 0 Å². The van der Waals surface area contributed by atoms with Gasteiger partial charge in [0.1, 0.15) is 5.82 Å². The first-order valence-corrected chi connectivity index (χ1v) is 5.53. The minimum absolute atomic E-state index is 0.188. The van der Waals surface area contributed by atoms with Crippen LogP contribution in [0.2, 0.25) is 0 Å². The van der Waals surface area contributed by atoms with Crippen molar-refractivity contribution in [1.29, 1.82) is 0 Å². The van der Waals surface area contributed by atoms with E-state index in [1.807, 2.05) is 0 Å². The molecular weight excluding hydrogens is 172 g/mol. The first-order chi connectivity index (χ1) is 6.47. The van der Waals surface area contributed by atoms with Gasteiger partial charge >= 0.3 is 0 Å². The standard InChI is InChI=1S/C12H20N2/c1-9-5-6-14-8-10(12(2,3)4)13-11(14)7-9/h8-9H,5-7H2,1-4H3. The Balaban J connectivity index is 2.32. The van der Waals surface area contributed by atoms with Crippen LogP contribution in [0.25, 0.3) is 0 Å². The van der Waals surface area contributed by atoms with Crippen LogP contribution in [0.4, 0.5) is 0 Å². The third-order valence-corrected chi connectivity index (χ3v) is 3.02. The lowest BCUT2D eigenvalue weighted by atomic mass is 9.93. The molecule has 1 aromatic rings. The van der Waals surface area contributed by atoms with Crippen molar-refractivity contribution in [3.63, 3.8) is 0 Å². The minimum atomic E-state index is 0.188. The average Bonchev–Trinajstić information content (AvgIpc) is 2.45. The number of fused-ring (bicyclic) bond motifs is 1. The van der Waals surface area contributed by atoms with Gasteiger partial charge < -0.3 is 4.57 Å². The number of hydrogen-bond donors (Lipinski definition) is 0. The van der Waals surface area contributed by atoms with Crippen molar-refractivity contribution < 1.29 is 0 Å². The van der Waals surface area contributed by atoms with Gasteiger partial charge in [-0.1, -0.05) is 27.7 Å². The Hall–Kier alpha value is -0.790. The molecule has 1 aliphatic rings. The van der Waals surface area contributed by atoms with Gasteiger partial charge in [-0.15, -0.1) is 0 Å². The highest BCUT2D eigenvalue weighted by Gasteiger charge is 2.22. The van der Waals surface area contributed by atoms with Crippen molar-refractivity contribution in [2.24, 2.45) is 5.92 Å². The number of rotatable bonds is 0. The smallest absolute Gasteiger partial charge is 0.109 e. The normalized spacial score (nSPS) is 22.1. The number of imidazole rings is 1. The Morgan fingerprint density at radius 1 is 1.43 bits per heavy atom. The molecule has 2 nitrogen and oxygen atoms in total. The first kappa shape index (κ1) is 9.75. The van der Waals surface area contributed by atoms with Crippen LogP contribution < -0.4 is 0 Å². The van der Waals surface area contributed by atoms with Gasteiger partial charge in [-0.05, 0) is 12.3 Å². The average molecular weight is 192 g/mol. The number of hydrogen-bond acceptors (Lipinski definition) is 1. The van der Waals surface area contributed by atoms with Gasteiger partial charge in [-0.25, -0.2) is 4.98 Å². The van der Waals surface area contributed by atoms with E-state index in [1.165, 1.54) is 17.9 Å². The van der Waals surface area contributed by atoms with Gasteiger partial charge in [0.2, 0.25) is 0 Å². The maximum Gasteiger partial charge on any atom is 0.109 e. The second-order valence-corrected chi connectivity index (χ2v) is 5.58. The Bertz CT molecular complexity index is 331. The maximum absolute atomic E-state index is 4.74. The van der Waals surface area contributed by atoms with Crippen LogP contribution in [0.1, 0.15) is 45.6 Å². The van der Waals surface area contributed by atoms with E-state index in [-0.39, 0.29) is 5.41 Å². The summed E-state index contributed by atoms with van der Waals surface area (Å²) in [6, 6.07) is 0. The van der Waals surface area contributed by atoms with Gasteiger partial charge in [0, 0.05) is 24.6 Å². The summed E-state index contributed by atoms with van der Waals surface area (Å²) in [5.41, 5.74) is 1.43. The summed E-state index contributed by atoms with van der Waals surface area (Å²) in [4.78, 5) is 4.74. The molecule has 0 radical (unpaired) electrons. The Morgan fingerprint density at radius 2 is 2.14 bits per heavy atom. The SMILES string of the molecule is CC1CCn2cc(C(C)(C)C)nc2C1. The summed E-state index contributed by atoms with van der Waals surface area (Å²) in [5.74, 6) is 2.09. The molecule has 1 aliphatic heterocycles. The molecule has 2 heterocycles. The van der Waals surface area contributed by atoms with Gasteiger partial charge in [0.15, 0.2) is 0 Å². The van der Waals surface area contributed by atoms with Crippen LogP contribution in [0.5, 0.6) is 0 Å². The second-order valence-electron chi connectivity index (χ2n) is 5.58. The Kier molecular flexibility index (Phi) is 2.17. The molecule has 2 rings (SSSR count). The summed E-state index contributed by atoms with van der Waals surface area (Å²) in [6.45, 7) is 10.1. The van der Waals surface area contributed by atoms with Crippen molar-refractivity contribution >= 4 is 0 Å². The fraction of sp³-hybridized carbons (Fsp3) is 0.750. The Labute approximate surface area is 86.3 Å². The van der Waals surface area contributed by atoms with E-state index < -0.39 is 0 Å². The zero-order valence-electron chi connectivity index (χ0n) is 9.67. The van der Waals surface area contributed by atoms with E-state index in [1.54, 1.807) is 0 Å². The van der Waals surface area contributed by atoms with Crippen molar-refractivity contribution in [2.45, 2.75) is 52.5 Å². The zero-order chi connectivity index (χ0) is 10.3. The predicted molar refractivity (Wildman–Crippen MR) is 58.4 cm³/mol. The van der Waals surface area contributed by atoms with Gasteiger partial charge in [0.05, 0.1) is 5.69 Å². The minimum Gasteiger partial charge on any atom is -0.335 e. The molecule has 0 aromatic carbocycles. The van der Waals surface area contributed by atoms with E-state index in [0.717, 1.165) is 18.9 Å². The van der Waals surface area contributed by atoms with Gasteiger partial charge in [-0.2, -0.15) is 0 Å². The summed E-state index contributed by atoms with van der Waals surface area (Å²) in [6.07, 6.45) is 4.68. The first-order valence-electron chi connectivity index (χ1n) is 5.53. The van der Waals surface area contributed by atoms with E-state index in [2.05, 4.69) is 38.5 Å². The quantitative estimate of drug-likeness (QED) is 0.618. The van der Waals surface area contributed by atoms with E-state index in [0.29, 0.717) is 0 Å². The molecule has 78 valence electrons. The third-order valence-electron chi connectivity index (χ3n) is 3.02. The highest BCUT2D eigenvalue weighted by Crippen LogP contribution is 2.25. The summed E-state index contributed by atoms with van der Waals surface area (Å²) < 4.78 is 2.33. The third kappa shape index (κ3) is 1.70. The van der Waals surface area contributed by atoms with Crippen molar-refractivity contribution in [2.75, 3.05) is 0 Å². The summed E-state index contributed by atoms with van der Waals surface area (Å²) in [5, 5.41) is 0. The van der Waals surface area contributed by atoms with Crippen LogP contribution in [-0.4, -0.2) is 9.55 Å². The van der Waals surface area contributed by atoms with Crippen molar-refractivity contribution in [3.05, 3.63) is 17.7 Å². The van der Waals surface area contributed by atoms with Gasteiger partial charge in [-0.3, -0.25) is 0 Å².